The molecule has 0 aromatic rings. The summed E-state index contributed by atoms with van der Waals surface area (Å²) < 4.78 is 18.3. The number of carbonyl (C=O) groups excluding carboxylic acids is 4. The van der Waals surface area contributed by atoms with E-state index in [-0.39, 0.29) is 31.8 Å². The van der Waals surface area contributed by atoms with E-state index in [0.29, 0.717) is 24.0 Å². The van der Waals surface area contributed by atoms with E-state index < -0.39 is 69.7 Å². The zero-order valence-corrected chi connectivity index (χ0v) is 39.1. The number of ether oxygens (including phenoxy) is 3. The van der Waals surface area contributed by atoms with Crippen LogP contribution in [-0.2, 0) is 33.4 Å². The van der Waals surface area contributed by atoms with Gasteiger partial charge in [-0.3, -0.25) is 19.2 Å². The van der Waals surface area contributed by atoms with Crippen LogP contribution in [0, 0.1) is 29.1 Å². The number of hydrogen-bond acceptors (Lipinski definition) is 9. The third-order valence-electron chi connectivity index (χ3n) is 14.6. The molecule has 2 N–H and O–H groups in total. The van der Waals surface area contributed by atoms with Crippen molar-refractivity contribution in [3.05, 3.63) is 47.6 Å². The van der Waals surface area contributed by atoms with Gasteiger partial charge in [0.2, 0.25) is 0 Å². The third-order valence-corrected chi connectivity index (χ3v) is 14.6. The number of hydrogen-bond donors (Lipinski definition) is 2. The van der Waals surface area contributed by atoms with Crippen molar-refractivity contribution in [2.75, 3.05) is 6.61 Å². The van der Waals surface area contributed by atoms with Crippen LogP contribution >= 0.6 is 0 Å². The molecule has 0 aliphatic heterocycles. The Kier molecular flexibility index (Phi) is 19.6. The number of allylic oxidation sites excluding steroid dienone is 4. The molecule has 8 atom stereocenters. The highest BCUT2D eigenvalue weighted by molar-refractivity contribution is 6.04. The van der Waals surface area contributed by atoms with Gasteiger partial charge < -0.3 is 24.4 Å². The van der Waals surface area contributed by atoms with Gasteiger partial charge in [0.25, 0.3) is 0 Å². The Balaban J connectivity index is 1.39. The van der Waals surface area contributed by atoms with E-state index in [0.717, 1.165) is 57.8 Å². The Bertz CT molecular complexity index is 1590. The summed E-state index contributed by atoms with van der Waals surface area (Å²) in [6.45, 7) is 13.0. The van der Waals surface area contributed by atoms with Crippen LogP contribution in [0.1, 0.15) is 196 Å². The Hall–Kier alpha value is -3.04. The average Bonchev–Trinajstić information content (AvgIpc) is 3.64. The molecule has 0 radical (unpaired) electrons. The number of aliphatic hydroxyl groups is 2. The van der Waals surface area contributed by atoms with Crippen LogP contribution < -0.4 is 0 Å². The molecule has 4 rings (SSSR count). The van der Waals surface area contributed by atoms with E-state index in [1.54, 1.807) is 19.9 Å². The van der Waals surface area contributed by atoms with Gasteiger partial charge in [0.15, 0.2) is 11.4 Å². The lowest BCUT2D eigenvalue weighted by molar-refractivity contribution is -0.228. The summed E-state index contributed by atoms with van der Waals surface area (Å²) in [4.78, 5) is 53.3. The first-order valence-electron chi connectivity index (χ1n) is 24.3. The highest BCUT2D eigenvalue weighted by Crippen LogP contribution is 2.77. The van der Waals surface area contributed by atoms with Crippen LogP contribution in [0.3, 0.4) is 0 Å². The number of unbranched alkanes of at least 4 members (excludes halogenated alkanes) is 16. The minimum Gasteiger partial charge on any atom is -0.461 e. The van der Waals surface area contributed by atoms with Gasteiger partial charge in [0.05, 0.1) is 5.60 Å². The molecule has 0 heterocycles. The average molecular weight is 851 g/mol. The van der Waals surface area contributed by atoms with Crippen molar-refractivity contribution in [2.45, 2.75) is 219 Å². The zero-order valence-electron chi connectivity index (χ0n) is 39.1. The first-order valence-corrected chi connectivity index (χ1v) is 24.3. The molecule has 0 bridgehead atoms. The monoisotopic (exact) mass is 851 g/mol. The van der Waals surface area contributed by atoms with Crippen molar-refractivity contribution in [3.8, 4) is 0 Å². The molecular formula is C52H82O9. The summed E-state index contributed by atoms with van der Waals surface area (Å²) in [6, 6.07) is 0. The molecule has 9 nitrogen and oxygen atoms in total. The lowest BCUT2D eigenvalue weighted by atomic mass is 9.59. The van der Waals surface area contributed by atoms with Crippen LogP contribution in [-0.4, -0.2) is 63.4 Å². The summed E-state index contributed by atoms with van der Waals surface area (Å²) >= 11 is 0. The number of carbonyl (C=O) groups is 4. The van der Waals surface area contributed by atoms with Gasteiger partial charge in [-0.15, -0.1) is 0 Å². The SMILES string of the molecule is CCCCC/C=C/C/C=C/CCCCCCCC(=O)OCC1=C[C@H]2[C@@H]3C(C)(C)[C@]3(OC(C)=O)[C@H](OC(=O)CCCCCCCCCCC)[C@@H](C)[C@]2(O)[C@@H]2C=C(C)C(=O)[C@@]2(O)C1. The van der Waals surface area contributed by atoms with E-state index in [1.165, 1.54) is 64.7 Å². The van der Waals surface area contributed by atoms with Gasteiger partial charge in [0.1, 0.15) is 18.3 Å². The first kappa shape index (κ1) is 50.6. The minimum absolute atomic E-state index is 0.121. The van der Waals surface area contributed by atoms with E-state index in [1.807, 2.05) is 19.9 Å². The Labute approximate surface area is 368 Å². The maximum atomic E-state index is 13.8. The van der Waals surface area contributed by atoms with Crippen molar-refractivity contribution in [1.29, 1.82) is 0 Å². The molecule has 2 fully saturated rings. The second-order valence-corrected chi connectivity index (χ2v) is 19.5. The molecule has 0 aromatic heterocycles. The highest BCUT2D eigenvalue weighted by Gasteiger charge is 2.87. The second kappa shape index (κ2) is 23.6. The lowest BCUT2D eigenvalue weighted by Crippen LogP contribution is -2.66. The summed E-state index contributed by atoms with van der Waals surface area (Å²) in [5.74, 6) is -4.86. The second-order valence-electron chi connectivity index (χ2n) is 19.5. The molecule has 0 amide bonds. The van der Waals surface area contributed by atoms with Crippen molar-refractivity contribution in [3.63, 3.8) is 0 Å². The van der Waals surface area contributed by atoms with Gasteiger partial charge in [0, 0.05) is 55.3 Å². The fourth-order valence-electron chi connectivity index (χ4n) is 11.2. The van der Waals surface area contributed by atoms with E-state index in [2.05, 4.69) is 38.2 Å². The largest absolute Gasteiger partial charge is 0.461 e. The van der Waals surface area contributed by atoms with Crippen molar-refractivity contribution >= 4 is 23.7 Å². The van der Waals surface area contributed by atoms with Crippen LogP contribution in [0.5, 0.6) is 0 Å². The summed E-state index contributed by atoms with van der Waals surface area (Å²) in [6.07, 6.45) is 33.8. The van der Waals surface area contributed by atoms with Gasteiger partial charge in [-0.1, -0.05) is 155 Å². The molecule has 4 aliphatic rings. The van der Waals surface area contributed by atoms with E-state index >= 15 is 0 Å². The van der Waals surface area contributed by atoms with Gasteiger partial charge in [-0.25, -0.2) is 0 Å². The van der Waals surface area contributed by atoms with Crippen LogP contribution in [0.25, 0.3) is 0 Å². The van der Waals surface area contributed by atoms with E-state index in [9.17, 15) is 29.4 Å². The molecule has 0 saturated heterocycles. The quantitative estimate of drug-likeness (QED) is 0.0341. The minimum atomic E-state index is -1.99. The smallest absolute Gasteiger partial charge is 0.306 e. The number of ketones is 1. The number of Topliss-reactive ketones (excluding diaryl/α,β-unsaturated/α-hetero) is 1. The summed E-state index contributed by atoms with van der Waals surface area (Å²) in [7, 11) is 0. The third kappa shape index (κ3) is 12.2. The predicted octanol–water partition coefficient (Wildman–Crippen LogP) is 11.3. The van der Waals surface area contributed by atoms with Crippen LogP contribution in [0.15, 0.2) is 47.6 Å². The molecule has 0 spiro atoms. The Morgan fingerprint density at radius 3 is 1.87 bits per heavy atom. The van der Waals surface area contributed by atoms with E-state index in [4.69, 9.17) is 14.2 Å². The Morgan fingerprint density at radius 1 is 0.754 bits per heavy atom. The van der Waals surface area contributed by atoms with Gasteiger partial charge in [-0.05, 0) is 63.0 Å². The van der Waals surface area contributed by atoms with Crippen LogP contribution in [0.4, 0.5) is 0 Å². The molecule has 61 heavy (non-hydrogen) atoms. The van der Waals surface area contributed by atoms with Gasteiger partial charge in [-0.2, -0.15) is 0 Å². The number of esters is 3. The highest BCUT2D eigenvalue weighted by atomic mass is 16.6. The standard InChI is InChI=1S/C52H82O9/c1-8-10-12-14-16-18-19-20-21-22-23-25-26-28-30-32-44(54)59-37-41-35-42-46-49(6,7)52(46,61-40(5)53)48(60-45(55)33-31-29-27-24-17-15-13-11-9-2)39(4)51(42,58)43-34-38(3)47(56)50(43,57)36-41/h16,18,20-21,34-35,39,42-43,46,48,57-58H,8-15,17,19,22-33,36-37H2,1-7H3/b18-16+,21-20+/t39-,42+,43-,46-,48-,50-,51-,52-/m1/s1. The van der Waals surface area contributed by atoms with Crippen molar-refractivity contribution < 1.29 is 43.6 Å². The van der Waals surface area contributed by atoms with Crippen molar-refractivity contribution in [2.24, 2.45) is 29.1 Å². The fourth-order valence-corrected chi connectivity index (χ4v) is 11.2. The van der Waals surface area contributed by atoms with Crippen LogP contribution in [0.2, 0.25) is 0 Å². The maximum Gasteiger partial charge on any atom is 0.306 e. The molecule has 2 saturated carbocycles. The molecule has 0 aromatic carbocycles. The number of fused-ring (bicyclic) bond motifs is 5. The zero-order chi connectivity index (χ0) is 44.7. The fraction of sp³-hybridized carbons (Fsp3) is 0.769. The molecule has 0 unspecified atom stereocenters. The Morgan fingerprint density at radius 2 is 1.28 bits per heavy atom. The maximum absolute atomic E-state index is 13.8. The molecule has 9 heteroatoms. The molecule has 344 valence electrons. The summed E-state index contributed by atoms with van der Waals surface area (Å²) in [5.41, 5.74) is -4.87. The molecular weight excluding hydrogens is 769 g/mol. The first-order chi connectivity index (χ1) is 29.1. The van der Waals surface area contributed by atoms with Crippen molar-refractivity contribution in [1.82, 2.24) is 0 Å². The number of rotatable bonds is 28. The van der Waals surface area contributed by atoms with Gasteiger partial charge >= 0.3 is 17.9 Å². The normalized spacial score (nSPS) is 30.0. The lowest BCUT2D eigenvalue weighted by Gasteiger charge is -2.53. The predicted molar refractivity (Wildman–Crippen MR) is 241 cm³/mol. The molecule has 4 aliphatic carbocycles. The topological polar surface area (TPSA) is 136 Å². The summed E-state index contributed by atoms with van der Waals surface area (Å²) in [5, 5.41) is 25.5.